The van der Waals surface area contributed by atoms with Gasteiger partial charge in [0.15, 0.2) is 0 Å². The van der Waals surface area contributed by atoms with Gasteiger partial charge in [-0.15, -0.1) is 11.3 Å². The van der Waals surface area contributed by atoms with Gasteiger partial charge in [0.25, 0.3) is 5.91 Å². The van der Waals surface area contributed by atoms with Crippen molar-refractivity contribution in [3.05, 3.63) is 94.4 Å². The van der Waals surface area contributed by atoms with Gasteiger partial charge in [-0.25, -0.2) is 17.8 Å². The van der Waals surface area contributed by atoms with Crippen molar-refractivity contribution < 1.29 is 17.9 Å². The van der Waals surface area contributed by atoms with Crippen LogP contribution >= 0.6 is 11.3 Å². The molecule has 2 N–H and O–H groups in total. The zero-order chi connectivity index (χ0) is 24.0. The van der Waals surface area contributed by atoms with Gasteiger partial charge in [-0.05, 0) is 72.5 Å². The van der Waals surface area contributed by atoms with E-state index in [4.69, 9.17) is 4.74 Å². The summed E-state index contributed by atoms with van der Waals surface area (Å²) in [6.45, 7) is 0.556. The summed E-state index contributed by atoms with van der Waals surface area (Å²) in [5.74, 6) is 0.449. The molecule has 0 fully saturated rings. The Morgan fingerprint density at radius 2 is 1.82 bits per heavy atom. The van der Waals surface area contributed by atoms with Gasteiger partial charge in [-0.2, -0.15) is 5.10 Å². The number of carbonyl (C=O) groups is 1. The Bertz CT molecular complexity index is 1330. The third kappa shape index (κ3) is 5.90. The fraction of sp³-hybridized carbons (Fsp3) is 0.167. The summed E-state index contributed by atoms with van der Waals surface area (Å²) >= 11 is 1.59. The minimum atomic E-state index is -3.64. The Morgan fingerprint density at radius 3 is 2.50 bits per heavy atom. The zero-order valence-electron chi connectivity index (χ0n) is 18.5. The summed E-state index contributed by atoms with van der Waals surface area (Å²) in [7, 11) is -2.03. The van der Waals surface area contributed by atoms with E-state index in [1.165, 1.54) is 24.3 Å². The van der Waals surface area contributed by atoms with Crippen LogP contribution in [0.4, 0.5) is 0 Å². The molecule has 8 nitrogen and oxygen atoms in total. The molecule has 0 unspecified atom stereocenters. The molecule has 0 atom stereocenters. The Balaban J connectivity index is 1.31. The predicted octanol–water partition coefficient (Wildman–Crippen LogP) is 3.39. The predicted molar refractivity (Wildman–Crippen MR) is 131 cm³/mol. The molecule has 10 heteroatoms. The van der Waals surface area contributed by atoms with Crippen LogP contribution < -0.4 is 14.8 Å². The van der Waals surface area contributed by atoms with E-state index in [1.807, 2.05) is 54.0 Å². The molecule has 0 aliphatic rings. The van der Waals surface area contributed by atoms with Crippen LogP contribution in [0, 0.1) is 0 Å². The average Bonchev–Trinajstić information content (AvgIpc) is 3.55. The number of nitrogens with zero attached hydrogens (tertiary/aromatic N) is 2. The van der Waals surface area contributed by atoms with E-state index in [2.05, 4.69) is 15.1 Å². The standard InChI is InChI=1S/C24H24N4O4S2/c1-32-21-8-6-20(7-9-21)28-15-13-19(27-28)17-25-24(29)18-4-10-23(11-5-18)34(30,31)26-14-12-22-3-2-16-33-22/h2-11,13,15-16,26H,12,14,17H2,1H3,(H,25,29). The Labute approximate surface area is 202 Å². The maximum atomic E-state index is 12.5. The highest BCUT2D eigenvalue weighted by atomic mass is 32.2. The number of thiophene rings is 1. The van der Waals surface area contributed by atoms with Crippen molar-refractivity contribution in [2.45, 2.75) is 17.9 Å². The molecule has 2 aromatic carbocycles. The van der Waals surface area contributed by atoms with Crippen LogP contribution in [0.2, 0.25) is 0 Å². The first kappa shape index (κ1) is 23.7. The Hall–Kier alpha value is -3.47. The smallest absolute Gasteiger partial charge is 0.251 e. The van der Waals surface area contributed by atoms with Crippen molar-refractivity contribution in [1.82, 2.24) is 19.8 Å². The Kier molecular flexibility index (Phi) is 7.41. The van der Waals surface area contributed by atoms with Gasteiger partial charge in [-0.3, -0.25) is 4.79 Å². The summed E-state index contributed by atoms with van der Waals surface area (Å²) in [6, 6.07) is 19.1. The summed E-state index contributed by atoms with van der Waals surface area (Å²) in [5.41, 5.74) is 1.93. The van der Waals surface area contributed by atoms with Crippen LogP contribution in [-0.4, -0.2) is 37.8 Å². The summed E-state index contributed by atoms with van der Waals surface area (Å²) < 4.78 is 34.4. The second kappa shape index (κ2) is 10.6. The van der Waals surface area contributed by atoms with Gasteiger partial charge in [0.1, 0.15) is 5.75 Å². The van der Waals surface area contributed by atoms with Gasteiger partial charge >= 0.3 is 0 Å². The largest absolute Gasteiger partial charge is 0.497 e. The molecule has 176 valence electrons. The van der Waals surface area contributed by atoms with Gasteiger partial charge < -0.3 is 10.1 Å². The van der Waals surface area contributed by atoms with Crippen molar-refractivity contribution in [2.75, 3.05) is 13.7 Å². The van der Waals surface area contributed by atoms with E-state index in [-0.39, 0.29) is 17.3 Å². The molecule has 0 aliphatic heterocycles. The van der Waals surface area contributed by atoms with Crippen molar-refractivity contribution in [1.29, 1.82) is 0 Å². The molecule has 0 bridgehead atoms. The number of aromatic nitrogens is 2. The van der Waals surface area contributed by atoms with E-state index in [1.54, 1.807) is 23.1 Å². The van der Waals surface area contributed by atoms with E-state index in [0.29, 0.717) is 24.2 Å². The van der Waals surface area contributed by atoms with Crippen LogP contribution in [0.5, 0.6) is 5.75 Å². The molecule has 2 aromatic heterocycles. The SMILES string of the molecule is COc1ccc(-n2ccc(CNC(=O)c3ccc(S(=O)(=O)NCCc4cccs4)cc3)n2)cc1. The number of ether oxygens (including phenoxy) is 1. The molecule has 4 aromatic rings. The normalized spacial score (nSPS) is 11.3. The number of benzene rings is 2. The fourth-order valence-corrected chi connectivity index (χ4v) is 4.98. The first-order chi connectivity index (χ1) is 16.4. The summed E-state index contributed by atoms with van der Waals surface area (Å²) in [6.07, 6.45) is 2.44. The van der Waals surface area contributed by atoms with Crippen LogP contribution in [0.25, 0.3) is 5.69 Å². The number of nitrogens with one attached hydrogen (secondary N) is 2. The maximum Gasteiger partial charge on any atom is 0.251 e. The third-order valence-electron chi connectivity index (χ3n) is 5.08. The fourth-order valence-electron chi connectivity index (χ4n) is 3.24. The van der Waals surface area contributed by atoms with E-state index in [9.17, 15) is 13.2 Å². The number of carbonyl (C=O) groups excluding carboxylic acids is 1. The lowest BCUT2D eigenvalue weighted by Gasteiger charge is -2.08. The highest BCUT2D eigenvalue weighted by molar-refractivity contribution is 7.89. The number of amides is 1. The lowest BCUT2D eigenvalue weighted by atomic mass is 10.2. The molecule has 0 aliphatic carbocycles. The van der Waals surface area contributed by atoms with Crippen molar-refractivity contribution >= 4 is 27.3 Å². The number of methoxy groups -OCH3 is 1. The number of hydrogen-bond acceptors (Lipinski definition) is 6. The van der Waals surface area contributed by atoms with Gasteiger partial charge in [-0.1, -0.05) is 6.07 Å². The summed E-state index contributed by atoms with van der Waals surface area (Å²) in [5, 5.41) is 9.24. The molecule has 4 rings (SSSR count). The minimum absolute atomic E-state index is 0.119. The van der Waals surface area contributed by atoms with Crippen LogP contribution in [0.15, 0.2) is 83.2 Å². The molecular weight excluding hydrogens is 472 g/mol. The third-order valence-corrected chi connectivity index (χ3v) is 7.49. The average molecular weight is 497 g/mol. The quantitative estimate of drug-likeness (QED) is 0.350. The molecular formula is C24H24N4O4S2. The summed E-state index contributed by atoms with van der Waals surface area (Å²) in [4.78, 5) is 13.7. The molecule has 0 spiro atoms. The molecule has 1 amide bonds. The first-order valence-corrected chi connectivity index (χ1v) is 12.9. The monoisotopic (exact) mass is 496 g/mol. The molecule has 0 saturated carbocycles. The van der Waals surface area contributed by atoms with E-state index >= 15 is 0 Å². The lowest BCUT2D eigenvalue weighted by molar-refractivity contribution is 0.0950. The highest BCUT2D eigenvalue weighted by Crippen LogP contribution is 2.15. The zero-order valence-corrected chi connectivity index (χ0v) is 20.1. The molecule has 2 heterocycles. The van der Waals surface area contributed by atoms with Crippen molar-refractivity contribution in [3.8, 4) is 11.4 Å². The maximum absolute atomic E-state index is 12.5. The highest BCUT2D eigenvalue weighted by Gasteiger charge is 2.15. The number of rotatable bonds is 10. The minimum Gasteiger partial charge on any atom is -0.497 e. The second-order valence-corrected chi connectivity index (χ2v) is 10.2. The van der Waals surface area contributed by atoms with Crippen LogP contribution in [-0.2, 0) is 23.0 Å². The second-order valence-electron chi connectivity index (χ2n) is 7.38. The number of hydrogen-bond donors (Lipinski definition) is 2. The van der Waals surface area contributed by atoms with E-state index < -0.39 is 10.0 Å². The van der Waals surface area contributed by atoms with Gasteiger partial charge in [0, 0.05) is 23.2 Å². The van der Waals surface area contributed by atoms with Crippen LogP contribution in [0.3, 0.4) is 0 Å². The van der Waals surface area contributed by atoms with Crippen molar-refractivity contribution in [3.63, 3.8) is 0 Å². The molecule has 0 saturated heterocycles. The molecule has 34 heavy (non-hydrogen) atoms. The van der Waals surface area contributed by atoms with Gasteiger partial charge in [0.2, 0.25) is 10.0 Å². The van der Waals surface area contributed by atoms with E-state index in [0.717, 1.165) is 16.3 Å². The first-order valence-electron chi connectivity index (χ1n) is 10.5. The Morgan fingerprint density at radius 1 is 1.06 bits per heavy atom. The topological polar surface area (TPSA) is 102 Å². The molecule has 0 radical (unpaired) electrons. The lowest BCUT2D eigenvalue weighted by Crippen LogP contribution is -2.26. The van der Waals surface area contributed by atoms with Crippen LogP contribution in [0.1, 0.15) is 20.9 Å². The number of sulfonamides is 1. The van der Waals surface area contributed by atoms with Crippen molar-refractivity contribution in [2.24, 2.45) is 0 Å². The van der Waals surface area contributed by atoms with Gasteiger partial charge in [0.05, 0.1) is 29.9 Å².